The summed E-state index contributed by atoms with van der Waals surface area (Å²) in [5.41, 5.74) is 0.201. The molecule has 2 rings (SSSR count). The molecule has 1 saturated heterocycles. The molecule has 1 amide bonds. The molecule has 0 aromatic heterocycles. The highest BCUT2D eigenvalue weighted by atomic mass is 35.5. The van der Waals surface area contributed by atoms with Gasteiger partial charge in [-0.3, -0.25) is 4.79 Å². The van der Waals surface area contributed by atoms with Crippen molar-refractivity contribution in [1.82, 2.24) is 4.90 Å². The highest BCUT2D eigenvalue weighted by molar-refractivity contribution is 6.33. The first-order valence-corrected chi connectivity index (χ1v) is 7.02. The molecule has 3 nitrogen and oxygen atoms in total. The first-order valence-electron chi connectivity index (χ1n) is 6.64. The Kier molecular flexibility index (Phi) is 5.02. The third-order valence-electron chi connectivity index (χ3n) is 3.34. The van der Waals surface area contributed by atoms with E-state index in [0.717, 1.165) is 25.9 Å². The molecule has 1 aromatic carbocycles. The molecule has 0 atom stereocenters. The van der Waals surface area contributed by atoms with E-state index in [-0.39, 0.29) is 18.1 Å². The number of hydrogen-bond donors (Lipinski definition) is 1. The van der Waals surface area contributed by atoms with Gasteiger partial charge in [-0.1, -0.05) is 30.5 Å². The number of carbonyl (C=O) groups is 1. The van der Waals surface area contributed by atoms with Gasteiger partial charge in [0.15, 0.2) is 0 Å². The lowest BCUT2D eigenvalue weighted by Gasteiger charge is -2.21. The molecule has 0 aliphatic carbocycles. The number of carbonyl (C=O) groups excluding carboxylic acids is 1. The van der Waals surface area contributed by atoms with Crippen molar-refractivity contribution < 1.29 is 9.18 Å². The predicted octanol–water partition coefficient (Wildman–Crippen LogP) is 3.29. The van der Waals surface area contributed by atoms with Crippen LogP contribution in [0.5, 0.6) is 0 Å². The van der Waals surface area contributed by atoms with Crippen LogP contribution in [0.4, 0.5) is 10.1 Å². The summed E-state index contributed by atoms with van der Waals surface area (Å²) in [6.45, 7) is 1.68. The summed E-state index contributed by atoms with van der Waals surface area (Å²) < 4.78 is 13.5. The molecule has 1 aromatic rings. The molecule has 19 heavy (non-hydrogen) atoms. The van der Waals surface area contributed by atoms with Crippen LogP contribution in [0, 0.1) is 5.82 Å². The van der Waals surface area contributed by atoms with Gasteiger partial charge in [-0.15, -0.1) is 0 Å². The second-order valence-corrected chi connectivity index (χ2v) is 5.15. The Morgan fingerprint density at radius 2 is 1.95 bits per heavy atom. The number of para-hydroxylation sites is 1. The van der Waals surface area contributed by atoms with E-state index in [9.17, 15) is 9.18 Å². The van der Waals surface area contributed by atoms with Gasteiger partial charge in [-0.25, -0.2) is 4.39 Å². The van der Waals surface area contributed by atoms with Crippen molar-refractivity contribution in [2.75, 3.05) is 25.0 Å². The minimum atomic E-state index is -0.434. The SMILES string of the molecule is O=C(CNc1c(F)cccc1Cl)N1CCCCCC1. The molecule has 1 heterocycles. The molecular formula is C14H18ClFN2O. The van der Waals surface area contributed by atoms with E-state index in [1.165, 1.54) is 18.9 Å². The smallest absolute Gasteiger partial charge is 0.241 e. The average molecular weight is 285 g/mol. The number of likely N-dealkylation sites (tertiary alicyclic amines) is 1. The largest absolute Gasteiger partial charge is 0.373 e. The van der Waals surface area contributed by atoms with Crippen LogP contribution in [0.15, 0.2) is 18.2 Å². The van der Waals surface area contributed by atoms with Crippen LogP contribution in [-0.2, 0) is 4.79 Å². The number of rotatable bonds is 3. The maximum atomic E-state index is 13.5. The van der Waals surface area contributed by atoms with Gasteiger partial charge in [0.1, 0.15) is 5.82 Å². The number of halogens is 2. The molecule has 0 saturated carbocycles. The Bertz CT molecular complexity index is 425. The number of anilines is 1. The summed E-state index contributed by atoms with van der Waals surface area (Å²) in [5.74, 6) is -0.433. The fraction of sp³-hybridized carbons (Fsp3) is 0.500. The van der Waals surface area contributed by atoms with Gasteiger partial charge in [-0.2, -0.15) is 0 Å². The van der Waals surface area contributed by atoms with Gasteiger partial charge in [0.25, 0.3) is 0 Å². The molecule has 5 heteroatoms. The van der Waals surface area contributed by atoms with Crippen LogP contribution >= 0.6 is 11.6 Å². The molecule has 0 bridgehead atoms. The van der Waals surface area contributed by atoms with Crippen molar-refractivity contribution in [1.29, 1.82) is 0 Å². The minimum absolute atomic E-state index is 0.00113. The van der Waals surface area contributed by atoms with E-state index in [2.05, 4.69) is 5.32 Å². The lowest BCUT2D eigenvalue weighted by Crippen LogP contribution is -2.36. The molecular weight excluding hydrogens is 267 g/mol. The lowest BCUT2D eigenvalue weighted by molar-refractivity contribution is -0.129. The fourth-order valence-electron chi connectivity index (χ4n) is 2.26. The third kappa shape index (κ3) is 3.83. The highest BCUT2D eigenvalue weighted by Gasteiger charge is 2.16. The lowest BCUT2D eigenvalue weighted by atomic mass is 10.2. The Morgan fingerprint density at radius 3 is 2.58 bits per heavy atom. The summed E-state index contributed by atoms with van der Waals surface area (Å²) in [5, 5.41) is 3.10. The van der Waals surface area contributed by atoms with Gasteiger partial charge in [0, 0.05) is 13.1 Å². The summed E-state index contributed by atoms with van der Waals surface area (Å²) in [6, 6.07) is 4.47. The first-order chi connectivity index (χ1) is 9.18. The molecule has 1 aliphatic rings. The highest BCUT2D eigenvalue weighted by Crippen LogP contribution is 2.24. The maximum absolute atomic E-state index is 13.5. The van der Waals surface area contributed by atoms with Crippen LogP contribution in [-0.4, -0.2) is 30.4 Å². The van der Waals surface area contributed by atoms with Crippen LogP contribution in [0.1, 0.15) is 25.7 Å². The zero-order valence-corrected chi connectivity index (χ0v) is 11.5. The fourth-order valence-corrected chi connectivity index (χ4v) is 2.49. The van der Waals surface area contributed by atoms with Gasteiger partial charge < -0.3 is 10.2 Å². The summed E-state index contributed by atoms with van der Waals surface area (Å²) in [4.78, 5) is 13.9. The zero-order chi connectivity index (χ0) is 13.7. The summed E-state index contributed by atoms with van der Waals surface area (Å²) >= 11 is 5.90. The first kappa shape index (κ1) is 14.1. The molecule has 1 N–H and O–H groups in total. The van der Waals surface area contributed by atoms with E-state index < -0.39 is 5.82 Å². The van der Waals surface area contributed by atoms with Crippen molar-refractivity contribution in [2.45, 2.75) is 25.7 Å². The van der Waals surface area contributed by atoms with E-state index in [1.807, 2.05) is 4.90 Å². The average Bonchev–Trinajstić information content (AvgIpc) is 2.66. The second-order valence-electron chi connectivity index (χ2n) is 4.75. The standard InChI is InChI=1S/C14H18ClFN2O/c15-11-6-5-7-12(16)14(11)17-10-13(19)18-8-3-1-2-4-9-18/h5-7,17H,1-4,8-10H2. The van der Waals surface area contributed by atoms with Crippen LogP contribution in [0.25, 0.3) is 0 Å². The van der Waals surface area contributed by atoms with Crippen LogP contribution in [0.2, 0.25) is 5.02 Å². The van der Waals surface area contributed by atoms with Gasteiger partial charge in [0.05, 0.1) is 17.3 Å². The molecule has 0 spiro atoms. The molecule has 0 radical (unpaired) electrons. The number of nitrogens with one attached hydrogen (secondary N) is 1. The second kappa shape index (κ2) is 6.75. The minimum Gasteiger partial charge on any atom is -0.373 e. The predicted molar refractivity (Wildman–Crippen MR) is 74.9 cm³/mol. The van der Waals surface area contributed by atoms with E-state index in [0.29, 0.717) is 5.02 Å². The number of hydrogen-bond acceptors (Lipinski definition) is 2. The van der Waals surface area contributed by atoms with Crippen molar-refractivity contribution in [3.63, 3.8) is 0 Å². The number of amides is 1. The van der Waals surface area contributed by atoms with Crippen LogP contribution < -0.4 is 5.32 Å². The zero-order valence-electron chi connectivity index (χ0n) is 10.8. The van der Waals surface area contributed by atoms with E-state index >= 15 is 0 Å². The topological polar surface area (TPSA) is 32.3 Å². The Hall–Kier alpha value is -1.29. The van der Waals surface area contributed by atoms with Crippen molar-refractivity contribution >= 4 is 23.2 Å². The Balaban J connectivity index is 1.92. The van der Waals surface area contributed by atoms with E-state index in [1.54, 1.807) is 12.1 Å². The van der Waals surface area contributed by atoms with Crippen molar-refractivity contribution in [3.8, 4) is 0 Å². The number of benzene rings is 1. The maximum Gasteiger partial charge on any atom is 0.241 e. The monoisotopic (exact) mass is 284 g/mol. The number of nitrogens with zero attached hydrogens (tertiary/aromatic N) is 1. The Labute approximate surface area is 117 Å². The normalized spacial score (nSPS) is 16.0. The van der Waals surface area contributed by atoms with E-state index in [4.69, 9.17) is 11.6 Å². The molecule has 1 fully saturated rings. The third-order valence-corrected chi connectivity index (χ3v) is 3.65. The van der Waals surface area contributed by atoms with Crippen LogP contribution in [0.3, 0.4) is 0 Å². The van der Waals surface area contributed by atoms with Gasteiger partial charge >= 0.3 is 0 Å². The Morgan fingerprint density at radius 1 is 1.26 bits per heavy atom. The van der Waals surface area contributed by atoms with Gasteiger partial charge in [-0.05, 0) is 25.0 Å². The molecule has 1 aliphatic heterocycles. The van der Waals surface area contributed by atoms with Crippen molar-refractivity contribution in [2.24, 2.45) is 0 Å². The summed E-state index contributed by atoms with van der Waals surface area (Å²) in [6.07, 6.45) is 4.45. The van der Waals surface area contributed by atoms with Crippen molar-refractivity contribution in [3.05, 3.63) is 29.0 Å². The van der Waals surface area contributed by atoms with Gasteiger partial charge in [0.2, 0.25) is 5.91 Å². The molecule has 104 valence electrons. The summed E-state index contributed by atoms with van der Waals surface area (Å²) in [7, 11) is 0. The quantitative estimate of drug-likeness (QED) is 0.924. The molecule has 0 unspecified atom stereocenters.